The van der Waals surface area contributed by atoms with Crippen LogP contribution in [0.5, 0.6) is 0 Å². The van der Waals surface area contributed by atoms with Crippen molar-refractivity contribution >= 4 is 0 Å². The lowest BCUT2D eigenvalue weighted by Crippen LogP contribution is -2.26. The minimum Gasteiger partial charge on any atom is -0.350 e. The van der Waals surface area contributed by atoms with E-state index in [1.807, 2.05) is 6.92 Å². The number of hydrogen-bond acceptors (Lipinski definition) is 3. The third kappa shape index (κ3) is 3.48. The molecular formula is C13H17F2NO2. The number of benzene rings is 1. The molecule has 1 unspecified atom stereocenters. The first-order valence-corrected chi connectivity index (χ1v) is 6.11. The van der Waals surface area contributed by atoms with Gasteiger partial charge in [-0.05, 0) is 24.2 Å². The van der Waals surface area contributed by atoms with Crippen LogP contribution in [0.25, 0.3) is 0 Å². The van der Waals surface area contributed by atoms with Crippen LogP contribution in [0, 0.1) is 11.6 Å². The molecule has 5 heteroatoms. The first-order chi connectivity index (χ1) is 8.69. The summed E-state index contributed by atoms with van der Waals surface area (Å²) in [6.07, 6.45) is 0.233. The Bertz CT molecular complexity index is 374. The zero-order chi connectivity index (χ0) is 13.0. The van der Waals surface area contributed by atoms with Gasteiger partial charge in [-0.15, -0.1) is 0 Å². The maximum absolute atomic E-state index is 13.2. The first-order valence-electron chi connectivity index (χ1n) is 6.11. The number of halogens is 2. The topological polar surface area (TPSA) is 30.5 Å². The van der Waals surface area contributed by atoms with E-state index < -0.39 is 11.6 Å². The molecule has 1 saturated heterocycles. The molecule has 0 spiro atoms. The Labute approximate surface area is 105 Å². The Balaban J connectivity index is 2.11. The molecule has 1 aromatic carbocycles. The smallest absolute Gasteiger partial charge is 0.159 e. The van der Waals surface area contributed by atoms with Crippen molar-refractivity contribution in [1.82, 2.24) is 5.32 Å². The van der Waals surface area contributed by atoms with Gasteiger partial charge in [-0.1, -0.05) is 6.92 Å². The summed E-state index contributed by atoms with van der Waals surface area (Å²) in [5, 5.41) is 3.19. The molecule has 1 atom stereocenters. The lowest BCUT2D eigenvalue weighted by atomic mass is 10.0. The van der Waals surface area contributed by atoms with E-state index >= 15 is 0 Å². The molecule has 0 radical (unpaired) electrons. The fraction of sp³-hybridized carbons (Fsp3) is 0.538. The predicted molar refractivity (Wildman–Crippen MR) is 63.1 cm³/mol. The predicted octanol–water partition coefficient (Wildman–Crippen LogP) is 2.38. The normalized spacial score (nSPS) is 18.2. The Morgan fingerprint density at radius 3 is 2.39 bits per heavy atom. The highest BCUT2D eigenvalue weighted by molar-refractivity contribution is 5.21. The Hall–Kier alpha value is -1.04. The fourth-order valence-electron chi connectivity index (χ4n) is 2.10. The molecule has 1 N–H and O–H groups in total. The highest BCUT2D eigenvalue weighted by Crippen LogP contribution is 2.23. The zero-order valence-electron chi connectivity index (χ0n) is 10.3. The summed E-state index contributed by atoms with van der Waals surface area (Å²) in [4.78, 5) is 0. The van der Waals surface area contributed by atoms with Gasteiger partial charge in [0.15, 0.2) is 6.29 Å². The Kier molecular flexibility index (Phi) is 4.63. The van der Waals surface area contributed by atoms with Crippen molar-refractivity contribution in [3.05, 3.63) is 35.4 Å². The molecule has 18 heavy (non-hydrogen) atoms. The summed E-state index contributed by atoms with van der Waals surface area (Å²) in [6, 6.07) is 3.37. The summed E-state index contributed by atoms with van der Waals surface area (Å²) < 4.78 is 37.1. The van der Waals surface area contributed by atoms with E-state index in [1.54, 1.807) is 0 Å². The summed E-state index contributed by atoms with van der Waals surface area (Å²) in [6.45, 7) is 3.79. The molecule has 100 valence electrons. The van der Waals surface area contributed by atoms with Crippen LogP contribution in [0.15, 0.2) is 18.2 Å². The van der Waals surface area contributed by atoms with Crippen molar-refractivity contribution in [2.24, 2.45) is 0 Å². The lowest BCUT2D eigenvalue weighted by Gasteiger charge is -2.21. The van der Waals surface area contributed by atoms with Gasteiger partial charge in [-0.2, -0.15) is 0 Å². The molecule has 0 aromatic heterocycles. The number of nitrogens with one attached hydrogen (secondary N) is 1. The van der Waals surface area contributed by atoms with E-state index in [-0.39, 0.29) is 12.3 Å². The average molecular weight is 257 g/mol. The molecule has 0 bridgehead atoms. The highest BCUT2D eigenvalue weighted by atomic mass is 19.1. The SMILES string of the molecule is CCNC(CC1OCCO1)c1cc(F)cc(F)c1. The second-order valence-corrected chi connectivity index (χ2v) is 4.22. The van der Waals surface area contributed by atoms with E-state index in [0.29, 0.717) is 31.7 Å². The fourth-order valence-corrected chi connectivity index (χ4v) is 2.10. The van der Waals surface area contributed by atoms with Gasteiger partial charge in [0.05, 0.1) is 13.2 Å². The van der Waals surface area contributed by atoms with Gasteiger partial charge in [-0.3, -0.25) is 0 Å². The van der Waals surface area contributed by atoms with Crippen LogP contribution >= 0.6 is 0 Å². The molecule has 1 aliphatic rings. The Morgan fingerprint density at radius 1 is 1.22 bits per heavy atom. The number of ether oxygens (including phenoxy) is 2. The molecular weight excluding hydrogens is 240 g/mol. The van der Waals surface area contributed by atoms with Crippen LogP contribution in [-0.2, 0) is 9.47 Å². The zero-order valence-corrected chi connectivity index (χ0v) is 10.3. The third-order valence-electron chi connectivity index (χ3n) is 2.86. The summed E-state index contributed by atoms with van der Waals surface area (Å²) in [5.74, 6) is -1.14. The van der Waals surface area contributed by atoms with E-state index in [4.69, 9.17) is 9.47 Å². The van der Waals surface area contributed by atoms with Gasteiger partial charge in [0.2, 0.25) is 0 Å². The first kappa shape index (κ1) is 13.4. The van der Waals surface area contributed by atoms with Crippen molar-refractivity contribution in [3.63, 3.8) is 0 Å². The number of rotatable bonds is 5. The van der Waals surface area contributed by atoms with Gasteiger partial charge >= 0.3 is 0 Å². The quantitative estimate of drug-likeness (QED) is 0.878. The second kappa shape index (κ2) is 6.22. The maximum Gasteiger partial charge on any atom is 0.159 e. The molecule has 3 nitrogen and oxygen atoms in total. The highest BCUT2D eigenvalue weighted by Gasteiger charge is 2.22. The van der Waals surface area contributed by atoms with Crippen LogP contribution in [0.2, 0.25) is 0 Å². The van der Waals surface area contributed by atoms with Crippen LogP contribution in [0.1, 0.15) is 24.9 Å². The van der Waals surface area contributed by atoms with Crippen molar-refractivity contribution in [2.75, 3.05) is 19.8 Å². The number of hydrogen-bond donors (Lipinski definition) is 1. The molecule has 0 aliphatic carbocycles. The van der Waals surface area contributed by atoms with E-state index in [2.05, 4.69) is 5.32 Å². The van der Waals surface area contributed by atoms with Crippen LogP contribution < -0.4 is 5.32 Å². The van der Waals surface area contributed by atoms with Crippen LogP contribution in [0.4, 0.5) is 8.78 Å². The standard InChI is InChI=1S/C13H17F2NO2/c1-2-16-12(8-13-17-3-4-18-13)9-5-10(14)7-11(15)6-9/h5-7,12-13,16H,2-4,8H2,1H3. The largest absolute Gasteiger partial charge is 0.350 e. The van der Waals surface area contributed by atoms with Crippen LogP contribution in [-0.4, -0.2) is 26.0 Å². The average Bonchev–Trinajstić information content (AvgIpc) is 2.80. The lowest BCUT2D eigenvalue weighted by molar-refractivity contribution is -0.0529. The van der Waals surface area contributed by atoms with E-state index in [1.165, 1.54) is 12.1 Å². The van der Waals surface area contributed by atoms with Gasteiger partial charge in [0.1, 0.15) is 11.6 Å². The monoisotopic (exact) mass is 257 g/mol. The van der Waals surface area contributed by atoms with Crippen LogP contribution in [0.3, 0.4) is 0 Å². The summed E-state index contributed by atoms with van der Waals surface area (Å²) in [5.41, 5.74) is 0.577. The molecule has 1 fully saturated rings. The van der Waals surface area contributed by atoms with Crippen molar-refractivity contribution < 1.29 is 18.3 Å². The molecule has 2 rings (SSSR count). The summed E-state index contributed by atoms with van der Waals surface area (Å²) in [7, 11) is 0. The minimum atomic E-state index is -0.568. The van der Waals surface area contributed by atoms with Gasteiger partial charge in [-0.25, -0.2) is 8.78 Å². The van der Waals surface area contributed by atoms with Gasteiger partial charge in [0, 0.05) is 18.5 Å². The van der Waals surface area contributed by atoms with E-state index in [9.17, 15) is 8.78 Å². The van der Waals surface area contributed by atoms with Crippen molar-refractivity contribution in [1.29, 1.82) is 0 Å². The molecule has 1 aliphatic heterocycles. The van der Waals surface area contributed by atoms with Crippen molar-refractivity contribution in [3.8, 4) is 0 Å². The minimum absolute atomic E-state index is 0.178. The summed E-state index contributed by atoms with van der Waals surface area (Å²) >= 11 is 0. The molecule has 0 amide bonds. The van der Waals surface area contributed by atoms with Crippen molar-refractivity contribution in [2.45, 2.75) is 25.7 Å². The van der Waals surface area contributed by atoms with Gasteiger partial charge < -0.3 is 14.8 Å². The molecule has 1 aromatic rings. The second-order valence-electron chi connectivity index (χ2n) is 4.22. The third-order valence-corrected chi connectivity index (χ3v) is 2.86. The maximum atomic E-state index is 13.2. The van der Waals surface area contributed by atoms with E-state index in [0.717, 1.165) is 6.07 Å². The molecule has 1 heterocycles. The van der Waals surface area contributed by atoms with Gasteiger partial charge in [0.25, 0.3) is 0 Å². The Morgan fingerprint density at radius 2 is 1.83 bits per heavy atom. The molecule has 0 saturated carbocycles.